The van der Waals surface area contributed by atoms with E-state index in [2.05, 4.69) is 14.9 Å². The SMILES string of the molecule is Nc1ncnc(N2CCC(N)CC2Cc2ccc(Cl)cc2)c1-c1ccc(F)cc1. The van der Waals surface area contributed by atoms with Crippen molar-refractivity contribution in [3.63, 3.8) is 0 Å². The number of piperidine rings is 1. The number of rotatable bonds is 4. The molecule has 4 N–H and O–H groups in total. The summed E-state index contributed by atoms with van der Waals surface area (Å²) in [6, 6.07) is 14.4. The van der Waals surface area contributed by atoms with E-state index >= 15 is 0 Å². The van der Waals surface area contributed by atoms with Crippen molar-refractivity contribution in [1.82, 2.24) is 9.97 Å². The molecule has 29 heavy (non-hydrogen) atoms. The van der Waals surface area contributed by atoms with Gasteiger partial charge in [-0.3, -0.25) is 0 Å². The summed E-state index contributed by atoms with van der Waals surface area (Å²) in [6.45, 7) is 0.768. The van der Waals surface area contributed by atoms with Crippen LogP contribution in [-0.2, 0) is 6.42 Å². The zero-order chi connectivity index (χ0) is 20.4. The number of anilines is 2. The van der Waals surface area contributed by atoms with Crippen molar-refractivity contribution in [3.05, 3.63) is 71.3 Å². The van der Waals surface area contributed by atoms with E-state index in [9.17, 15) is 4.39 Å². The topological polar surface area (TPSA) is 81.1 Å². The summed E-state index contributed by atoms with van der Waals surface area (Å²) in [5, 5.41) is 0.716. The predicted octanol–water partition coefficient (Wildman–Crippen LogP) is 4.06. The largest absolute Gasteiger partial charge is 0.383 e. The molecular formula is C22H23ClFN5. The summed E-state index contributed by atoms with van der Waals surface area (Å²) in [7, 11) is 0. The Morgan fingerprint density at radius 3 is 2.52 bits per heavy atom. The van der Waals surface area contributed by atoms with Gasteiger partial charge in [0.25, 0.3) is 0 Å². The molecule has 0 spiro atoms. The van der Waals surface area contributed by atoms with Gasteiger partial charge in [-0.25, -0.2) is 14.4 Å². The molecule has 0 aliphatic carbocycles. The van der Waals surface area contributed by atoms with Crippen LogP contribution in [-0.4, -0.2) is 28.6 Å². The molecular weight excluding hydrogens is 389 g/mol. The minimum Gasteiger partial charge on any atom is -0.383 e. The zero-order valence-corrected chi connectivity index (χ0v) is 16.7. The van der Waals surface area contributed by atoms with Crippen LogP contribution in [0.25, 0.3) is 11.1 Å². The molecule has 5 nitrogen and oxygen atoms in total. The van der Waals surface area contributed by atoms with Crippen LogP contribution in [0.15, 0.2) is 54.9 Å². The van der Waals surface area contributed by atoms with Crippen molar-refractivity contribution < 1.29 is 4.39 Å². The van der Waals surface area contributed by atoms with Gasteiger partial charge in [0.2, 0.25) is 0 Å². The molecule has 7 heteroatoms. The van der Waals surface area contributed by atoms with Gasteiger partial charge in [-0.15, -0.1) is 0 Å². The van der Waals surface area contributed by atoms with Crippen LogP contribution in [0.2, 0.25) is 5.02 Å². The van der Waals surface area contributed by atoms with E-state index in [4.69, 9.17) is 23.1 Å². The zero-order valence-electron chi connectivity index (χ0n) is 15.9. The average molecular weight is 412 g/mol. The van der Waals surface area contributed by atoms with E-state index in [-0.39, 0.29) is 17.9 Å². The lowest BCUT2D eigenvalue weighted by Crippen LogP contribution is -2.48. The monoisotopic (exact) mass is 411 g/mol. The molecule has 1 saturated heterocycles. The molecule has 0 saturated carbocycles. The molecule has 0 radical (unpaired) electrons. The lowest BCUT2D eigenvalue weighted by Gasteiger charge is -2.40. The summed E-state index contributed by atoms with van der Waals surface area (Å²) in [6.07, 6.45) is 4.00. The molecule has 150 valence electrons. The van der Waals surface area contributed by atoms with E-state index in [0.717, 1.165) is 42.8 Å². The van der Waals surface area contributed by atoms with Crippen molar-refractivity contribution >= 4 is 23.2 Å². The molecule has 3 aromatic rings. The van der Waals surface area contributed by atoms with Crippen molar-refractivity contribution in [2.75, 3.05) is 17.2 Å². The third-order valence-electron chi connectivity index (χ3n) is 5.40. The van der Waals surface area contributed by atoms with E-state index in [1.165, 1.54) is 24.0 Å². The molecule has 1 aliphatic rings. The fourth-order valence-electron chi connectivity index (χ4n) is 3.95. The van der Waals surface area contributed by atoms with E-state index in [1.54, 1.807) is 12.1 Å². The first kappa shape index (κ1) is 19.6. The van der Waals surface area contributed by atoms with Gasteiger partial charge in [0.15, 0.2) is 0 Å². The standard InChI is InChI=1S/C22H23ClFN5/c23-16-5-1-14(2-6-16)11-19-12-18(25)9-10-29(19)22-20(21(26)27-13-28-22)15-3-7-17(24)8-4-15/h1-8,13,18-19H,9-12,25H2,(H2,26,27,28). The summed E-state index contributed by atoms with van der Waals surface area (Å²) in [5.41, 5.74) is 15.2. The number of nitrogens with two attached hydrogens (primary N) is 2. The van der Waals surface area contributed by atoms with Crippen LogP contribution in [0.4, 0.5) is 16.0 Å². The Morgan fingerprint density at radius 1 is 1.07 bits per heavy atom. The maximum atomic E-state index is 13.4. The second-order valence-corrected chi connectivity index (χ2v) is 7.86. The second-order valence-electron chi connectivity index (χ2n) is 7.43. The predicted molar refractivity (Wildman–Crippen MR) is 115 cm³/mol. The molecule has 1 fully saturated rings. The van der Waals surface area contributed by atoms with Crippen molar-refractivity contribution in [2.24, 2.45) is 5.73 Å². The lowest BCUT2D eigenvalue weighted by molar-refractivity contribution is 0.406. The normalized spacial score (nSPS) is 19.3. The minimum atomic E-state index is -0.296. The van der Waals surface area contributed by atoms with Gasteiger partial charge in [-0.2, -0.15) is 0 Å². The number of benzene rings is 2. The first-order chi connectivity index (χ1) is 14.0. The average Bonchev–Trinajstić information content (AvgIpc) is 2.71. The van der Waals surface area contributed by atoms with Gasteiger partial charge in [-0.05, 0) is 54.7 Å². The minimum absolute atomic E-state index is 0.136. The van der Waals surface area contributed by atoms with E-state index in [1.807, 2.05) is 24.3 Å². The first-order valence-electron chi connectivity index (χ1n) is 9.64. The smallest absolute Gasteiger partial charge is 0.142 e. The summed E-state index contributed by atoms with van der Waals surface area (Å²) in [5.74, 6) is 0.840. The molecule has 2 aromatic carbocycles. The third kappa shape index (κ3) is 4.33. The Bertz CT molecular complexity index is 977. The molecule has 2 atom stereocenters. The highest BCUT2D eigenvalue weighted by molar-refractivity contribution is 6.30. The van der Waals surface area contributed by atoms with Crippen LogP contribution >= 0.6 is 11.6 Å². The Kier molecular flexibility index (Phi) is 5.65. The van der Waals surface area contributed by atoms with Crippen LogP contribution < -0.4 is 16.4 Å². The lowest BCUT2D eigenvalue weighted by atomic mass is 9.92. The van der Waals surface area contributed by atoms with Gasteiger partial charge < -0.3 is 16.4 Å². The highest BCUT2D eigenvalue weighted by Gasteiger charge is 2.30. The number of nitrogen functional groups attached to an aromatic ring is 1. The Morgan fingerprint density at radius 2 is 1.79 bits per heavy atom. The molecule has 0 amide bonds. The number of hydrogen-bond acceptors (Lipinski definition) is 5. The second kappa shape index (κ2) is 8.35. The van der Waals surface area contributed by atoms with Crippen molar-refractivity contribution in [1.29, 1.82) is 0 Å². The van der Waals surface area contributed by atoms with Crippen LogP contribution in [0.5, 0.6) is 0 Å². The molecule has 4 rings (SSSR count). The summed E-state index contributed by atoms with van der Waals surface area (Å²) < 4.78 is 13.4. The Balaban J connectivity index is 1.72. The molecule has 0 bridgehead atoms. The van der Waals surface area contributed by atoms with Gasteiger partial charge >= 0.3 is 0 Å². The maximum absolute atomic E-state index is 13.4. The van der Waals surface area contributed by atoms with Crippen LogP contribution in [0.3, 0.4) is 0 Å². The fourth-order valence-corrected chi connectivity index (χ4v) is 4.07. The van der Waals surface area contributed by atoms with Gasteiger partial charge in [0.05, 0.1) is 5.56 Å². The summed E-state index contributed by atoms with van der Waals surface area (Å²) in [4.78, 5) is 11.0. The highest BCUT2D eigenvalue weighted by Crippen LogP contribution is 2.36. The number of nitrogens with zero attached hydrogens (tertiary/aromatic N) is 3. The quantitative estimate of drug-likeness (QED) is 0.676. The van der Waals surface area contributed by atoms with E-state index < -0.39 is 0 Å². The summed E-state index contributed by atoms with van der Waals surface area (Å²) >= 11 is 6.03. The van der Waals surface area contributed by atoms with E-state index in [0.29, 0.717) is 10.8 Å². The maximum Gasteiger partial charge on any atom is 0.142 e. The number of aromatic nitrogens is 2. The molecule has 2 unspecified atom stereocenters. The van der Waals surface area contributed by atoms with Gasteiger partial charge in [0.1, 0.15) is 23.8 Å². The molecule has 1 aromatic heterocycles. The van der Waals surface area contributed by atoms with Gasteiger partial charge in [0, 0.05) is 23.7 Å². The Hall–Kier alpha value is -2.70. The van der Waals surface area contributed by atoms with Crippen LogP contribution in [0.1, 0.15) is 18.4 Å². The number of hydrogen-bond donors (Lipinski definition) is 2. The third-order valence-corrected chi connectivity index (χ3v) is 5.65. The number of halogens is 2. The van der Waals surface area contributed by atoms with Crippen molar-refractivity contribution in [2.45, 2.75) is 31.3 Å². The molecule has 1 aliphatic heterocycles. The first-order valence-corrected chi connectivity index (χ1v) is 10.0. The Labute approximate surface area is 174 Å². The fraction of sp³-hybridized carbons (Fsp3) is 0.273. The van der Waals surface area contributed by atoms with Crippen molar-refractivity contribution in [3.8, 4) is 11.1 Å². The highest BCUT2D eigenvalue weighted by atomic mass is 35.5. The molecule has 2 heterocycles. The van der Waals surface area contributed by atoms with Gasteiger partial charge in [-0.1, -0.05) is 35.9 Å². The van der Waals surface area contributed by atoms with Crippen LogP contribution in [0, 0.1) is 5.82 Å².